The summed E-state index contributed by atoms with van der Waals surface area (Å²) in [7, 11) is 0. The van der Waals surface area contributed by atoms with Crippen LogP contribution in [0.15, 0.2) is 18.2 Å². The SMILES string of the molecule is Cc1cc(F)ccc1C(N)C(N)=O. The van der Waals surface area contributed by atoms with Crippen LogP contribution >= 0.6 is 0 Å². The van der Waals surface area contributed by atoms with E-state index in [0.717, 1.165) is 0 Å². The second kappa shape index (κ2) is 3.53. The molecular formula is C9H11FN2O. The van der Waals surface area contributed by atoms with E-state index in [2.05, 4.69) is 0 Å². The van der Waals surface area contributed by atoms with Gasteiger partial charge in [0.1, 0.15) is 11.9 Å². The number of rotatable bonds is 2. The quantitative estimate of drug-likeness (QED) is 0.703. The van der Waals surface area contributed by atoms with Crippen molar-refractivity contribution < 1.29 is 9.18 Å². The van der Waals surface area contributed by atoms with Gasteiger partial charge in [0.2, 0.25) is 5.91 Å². The van der Waals surface area contributed by atoms with E-state index in [1.807, 2.05) is 0 Å². The fraction of sp³-hybridized carbons (Fsp3) is 0.222. The first-order valence-electron chi connectivity index (χ1n) is 3.83. The number of aryl methyl sites for hydroxylation is 1. The van der Waals surface area contributed by atoms with Crippen LogP contribution in [0.1, 0.15) is 17.2 Å². The molecule has 1 atom stereocenters. The van der Waals surface area contributed by atoms with Crippen LogP contribution in [-0.2, 0) is 4.79 Å². The Kier molecular flexibility index (Phi) is 2.63. The minimum Gasteiger partial charge on any atom is -0.368 e. The van der Waals surface area contributed by atoms with Gasteiger partial charge < -0.3 is 11.5 Å². The van der Waals surface area contributed by atoms with Crippen LogP contribution in [0, 0.1) is 12.7 Å². The van der Waals surface area contributed by atoms with E-state index < -0.39 is 11.9 Å². The lowest BCUT2D eigenvalue weighted by Crippen LogP contribution is -2.28. The predicted octanol–water partition coefficient (Wildman–Crippen LogP) is 0.619. The van der Waals surface area contributed by atoms with Crippen molar-refractivity contribution in [2.24, 2.45) is 11.5 Å². The third kappa shape index (κ3) is 2.03. The van der Waals surface area contributed by atoms with Gasteiger partial charge in [0.15, 0.2) is 0 Å². The van der Waals surface area contributed by atoms with Gasteiger partial charge in [-0.05, 0) is 30.2 Å². The Morgan fingerprint density at radius 2 is 2.15 bits per heavy atom. The van der Waals surface area contributed by atoms with Crippen LogP contribution in [-0.4, -0.2) is 5.91 Å². The monoisotopic (exact) mass is 182 g/mol. The number of hydrogen-bond acceptors (Lipinski definition) is 2. The van der Waals surface area contributed by atoms with Crippen molar-refractivity contribution in [2.45, 2.75) is 13.0 Å². The van der Waals surface area contributed by atoms with Gasteiger partial charge >= 0.3 is 0 Å². The zero-order chi connectivity index (χ0) is 10.0. The molecule has 0 saturated carbocycles. The molecule has 1 unspecified atom stereocenters. The molecule has 0 aromatic heterocycles. The number of nitrogens with two attached hydrogens (primary N) is 2. The van der Waals surface area contributed by atoms with E-state index in [4.69, 9.17) is 11.5 Å². The lowest BCUT2D eigenvalue weighted by molar-refractivity contribution is -0.119. The van der Waals surface area contributed by atoms with E-state index >= 15 is 0 Å². The Morgan fingerprint density at radius 1 is 1.54 bits per heavy atom. The highest BCUT2D eigenvalue weighted by atomic mass is 19.1. The highest BCUT2D eigenvalue weighted by Gasteiger charge is 2.14. The van der Waals surface area contributed by atoms with Gasteiger partial charge in [0, 0.05) is 0 Å². The Labute approximate surface area is 75.5 Å². The molecule has 1 aromatic rings. The van der Waals surface area contributed by atoms with E-state index in [1.165, 1.54) is 18.2 Å². The number of benzene rings is 1. The smallest absolute Gasteiger partial charge is 0.238 e. The first-order chi connectivity index (χ1) is 6.02. The number of halogens is 1. The molecule has 4 N–H and O–H groups in total. The summed E-state index contributed by atoms with van der Waals surface area (Å²) in [4.78, 5) is 10.7. The maximum Gasteiger partial charge on any atom is 0.238 e. The number of carbonyl (C=O) groups excluding carboxylic acids is 1. The molecular weight excluding hydrogens is 171 g/mol. The number of amides is 1. The van der Waals surface area contributed by atoms with Gasteiger partial charge in [-0.25, -0.2) is 4.39 Å². The Balaban J connectivity index is 3.08. The van der Waals surface area contributed by atoms with Crippen LogP contribution < -0.4 is 11.5 Å². The molecule has 0 radical (unpaired) electrons. The summed E-state index contributed by atoms with van der Waals surface area (Å²) in [6.45, 7) is 1.68. The lowest BCUT2D eigenvalue weighted by atomic mass is 10.0. The van der Waals surface area contributed by atoms with Crippen molar-refractivity contribution in [1.29, 1.82) is 0 Å². The van der Waals surface area contributed by atoms with Crippen molar-refractivity contribution in [1.82, 2.24) is 0 Å². The minimum atomic E-state index is -0.861. The lowest BCUT2D eigenvalue weighted by Gasteiger charge is -2.10. The number of primary amides is 1. The fourth-order valence-electron chi connectivity index (χ4n) is 1.14. The molecule has 4 heteroatoms. The van der Waals surface area contributed by atoms with Crippen LogP contribution in [0.25, 0.3) is 0 Å². The zero-order valence-corrected chi connectivity index (χ0v) is 7.25. The molecule has 0 fully saturated rings. The summed E-state index contributed by atoms with van der Waals surface area (Å²) in [5.74, 6) is -0.965. The van der Waals surface area contributed by atoms with Crippen LogP contribution in [0.2, 0.25) is 0 Å². The molecule has 1 aromatic carbocycles. The summed E-state index contributed by atoms with van der Waals surface area (Å²) in [6, 6.07) is 3.18. The molecule has 13 heavy (non-hydrogen) atoms. The molecule has 0 saturated heterocycles. The standard InChI is InChI=1S/C9H11FN2O/c1-5-4-6(10)2-3-7(5)8(11)9(12)13/h2-4,8H,11H2,1H3,(H2,12,13). The Hall–Kier alpha value is -1.42. The van der Waals surface area contributed by atoms with Gasteiger partial charge in [-0.1, -0.05) is 6.07 Å². The summed E-state index contributed by atoms with van der Waals surface area (Å²) < 4.78 is 12.7. The highest BCUT2D eigenvalue weighted by molar-refractivity contribution is 5.81. The summed E-state index contributed by atoms with van der Waals surface area (Å²) in [6.07, 6.45) is 0. The average molecular weight is 182 g/mol. The maximum atomic E-state index is 12.7. The first kappa shape index (κ1) is 9.67. The molecule has 0 aliphatic carbocycles. The van der Waals surface area contributed by atoms with Crippen molar-refractivity contribution >= 4 is 5.91 Å². The first-order valence-corrected chi connectivity index (χ1v) is 3.83. The molecule has 0 aliphatic heterocycles. The van der Waals surface area contributed by atoms with Crippen LogP contribution in [0.4, 0.5) is 4.39 Å². The van der Waals surface area contributed by atoms with Crippen molar-refractivity contribution in [3.05, 3.63) is 35.1 Å². The van der Waals surface area contributed by atoms with Crippen LogP contribution in [0.5, 0.6) is 0 Å². The fourth-order valence-corrected chi connectivity index (χ4v) is 1.14. The third-order valence-corrected chi connectivity index (χ3v) is 1.87. The second-order valence-electron chi connectivity index (χ2n) is 2.88. The van der Waals surface area contributed by atoms with Gasteiger partial charge in [0.05, 0.1) is 0 Å². The van der Waals surface area contributed by atoms with Crippen LogP contribution in [0.3, 0.4) is 0 Å². The number of hydrogen-bond donors (Lipinski definition) is 2. The normalized spacial score (nSPS) is 12.5. The van der Waals surface area contributed by atoms with Crippen molar-refractivity contribution in [3.63, 3.8) is 0 Å². The van der Waals surface area contributed by atoms with Crippen molar-refractivity contribution in [3.8, 4) is 0 Å². The second-order valence-corrected chi connectivity index (χ2v) is 2.88. The summed E-state index contributed by atoms with van der Waals surface area (Å²) in [5.41, 5.74) is 11.7. The molecule has 1 amide bonds. The van der Waals surface area contributed by atoms with E-state index in [-0.39, 0.29) is 5.82 Å². The molecule has 1 rings (SSSR count). The molecule has 70 valence electrons. The van der Waals surface area contributed by atoms with Gasteiger partial charge in [-0.15, -0.1) is 0 Å². The molecule has 0 aliphatic rings. The minimum absolute atomic E-state index is 0.349. The predicted molar refractivity (Wildman–Crippen MR) is 47.3 cm³/mol. The molecule has 0 heterocycles. The summed E-state index contributed by atoms with van der Waals surface area (Å²) in [5, 5.41) is 0. The van der Waals surface area contributed by atoms with E-state index in [0.29, 0.717) is 11.1 Å². The van der Waals surface area contributed by atoms with E-state index in [9.17, 15) is 9.18 Å². The van der Waals surface area contributed by atoms with E-state index in [1.54, 1.807) is 6.92 Å². The largest absolute Gasteiger partial charge is 0.368 e. The van der Waals surface area contributed by atoms with Crippen molar-refractivity contribution in [2.75, 3.05) is 0 Å². The van der Waals surface area contributed by atoms with Gasteiger partial charge in [0.25, 0.3) is 0 Å². The highest BCUT2D eigenvalue weighted by Crippen LogP contribution is 2.16. The molecule has 3 nitrogen and oxygen atoms in total. The maximum absolute atomic E-state index is 12.7. The van der Waals surface area contributed by atoms with Gasteiger partial charge in [-0.2, -0.15) is 0 Å². The zero-order valence-electron chi connectivity index (χ0n) is 7.25. The third-order valence-electron chi connectivity index (χ3n) is 1.87. The Bertz CT molecular complexity index is 338. The summed E-state index contributed by atoms with van der Waals surface area (Å²) >= 11 is 0. The molecule has 0 bridgehead atoms. The average Bonchev–Trinajstić information content (AvgIpc) is 2.03. The topological polar surface area (TPSA) is 69.1 Å². The van der Waals surface area contributed by atoms with Gasteiger partial charge in [-0.3, -0.25) is 4.79 Å². The number of carbonyl (C=O) groups is 1. The molecule has 0 spiro atoms. The Morgan fingerprint density at radius 3 is 2.62 bits per heavy atom.